The van der Waals surface area contributed by atoms with Crippen molar-refractivity contribution in [3.05, 3.63) is 28.8 Å². The second-order valence-corrected chi connectivity index (χ2v) is 5.55. The quantitative estimate of drug-likeness (QED) is 0.630. The van der Waals surface area contributed by atoms with Crippen molar-refractivity contribution in [2.45, 2.75) is 25.9 Å². The molecular formula is C13H16ClN3O2. The second-order valence-electron chi connectivity index (χ2n) is 5.14. The van der Waals surface area contributed by atoms with E-state index in [1.165, 1.54) is 0 Å². The first kappa shape index (κ1) is 13.8. The maximum Gasteiger partial charge on any atom is 0.246 e. The third-order valence-corrected chi connectivity index (χ3v) is 3.73. The molecular weight excluding hydrogens is 266 g/mol. The lowest BCUT2D eigenvalue weighted by Crippen LogP contribution is -2.63. The average Bonchev–Trinajstić information content (AvgIpc) is 2.31. The number of benzene rings is 1. The molecule has 2 rings (SSSR count). The van der Waals surface area contributed by atoms with Gasteiger partial charge in [0.05, 0.1) is 12.1 Å². The van der Waals surface area contributed by atoms with Gasteiger partial charge < -0.3 is 5.73 Å². The van der Waals surface area contributed by atoms with E-state index in [9.17, 15) is 9.59 Å². The average molecular weight is 282 g/mol. The molecule has 1 aliphatic rings. The third-order valence-electron chi connectivity index (χ3n) is 3.36. The molecule has 0 aliphatic carbocycles. The molecule has 3 N–H and O–H groups in total. The normalized spacial score (nSPS) is 19.3. The molecule has 0 aromatic heterocycles. The smallest absolute Gasteiger partial charge is 0.246 e. The molecule has 0 radical (unpaired) electrons. The Morgan fingerprint density at radius 3 is 2.79 bits per heavy atom. The number of nitrogens with zero attached hydrogens (tertiary/aromatic N) is 1. The van der Waals surface area contributed by atoms with Crippen molar-refractivity contribution < 1.29 is 9.59 Å². The molecule has 19 heavy (non-hydrogen) atoms. The Labute approximate surface area is 116 Å². The minimum Gasteiger partial charge on any atom is -0.399 e. The van der Waals surface area contributed by atoms with Crippen molar-refractivity contribution in [2.75, 3.05) is 12.3 Å². The summed E-state index contributed by atoms with van der Waals surface area (Å²) in [5.41, 5.74) is 6.37. The van der Waals surface area contributed by atoms with E-state index >= 15 is 0 Å². The summed E-state index contributed by atoms with van der Waals surface area (Å²) >= 11 is 6.11. The largest absolute Gasteiger partial charge is 0.399 e. The fraction of sp³-hybridized carbons (Fsp3) is 0.385. The van der Waals surface area contributed by atoms with E-state index in [1.54, 1.807) is 36.9 Å². The zero-order valence-electron chi connectivity index (χ0n) is 10.9. The Kier molecular flexibility index (Phi) is 3.52. The lowest BCUT2D eigenvalue weighted by atomic mass is 9.97. The van der Waals surface area contributed by atoms with Gasteiger partial charge in [-0.1, -0.05) is 11.6 Å². The SMILES string of the molecule is CC1(C)C(=O)NC(=O)CN1Cc1cc(N)ccc1Cl. The van der Waals surface area contributed by atoms with Crippen molar-refractivity contribution >= 4 is 29.1 Å². The van der Waals surface area contributed by atoms with Crippen LogP contribution in [0.1, 0.15) is 19.4 Å². The first-order chi connectivity index (χ1) is 8.80. The summed E-state index contributed by atoms with van der Waals surface area (Å²) in [4.78, 5) is 25.1. The Bertz CT molecular complexity index is 543. The zero-order chi connectivity index (χ0) is 14.2. The van der Waals surface area contributed by atoms with Crippen molar-refractivity contribution in [3.8, 4) is 0 Å². The summed E-state index contributed by atoms with van der Waals surface area (Å²) < 4.78 is 0. The van der Waals surface area contributed by atoms with Gasteiger partial charge in [0.2, 0.25) is 11.8 Å². The number of hydrogen-bond acceptors (Lipinski definition) is 4. The van der Waals surface area contributed by atoms with E-state index in [1.807, 2.05) is 0 Å². The fourth-order valence-corrected chi connectivity index (χ4v) is 2.19. The number of nitrogen functional groups attached to an aromatic ring is 1. The van der Waals surface area contributed by atoms with Crippen LogP contribution in [-0.2, 0) is 16.1 Å². The standard InChI is InChI=1S/C13H16ClN3O2/c1-13(2)12(19)16-11(18)7-17(13)6-8-5-9(15)3-4-10(8)14/h3-5H,6-7,15H2,1-2H3,(H,16,18,19). The summed E-state index contributed by atoms with van der Waals surface area (Å²) in [6.07, 6.45) is 0. The molecule has 0 atom stereocenters. The van der Waals surface area contributed by atoms with Gasteiger partial charge >= 0.3 is 0 Å². The Balaban J connectivity index is 2.28. The highest BCUT2D eigenvalue weighted by molar-refractivity contribution is 6.31. The fourth-order valence-electron chi connectivity index (χ4n) is 2.01. The molecule has 1 saturated heterocycles. The number of hydrogen-bond donors (Lipinski definition) is 2. The topological polar surface area (TPSA) is 75.4 Å². The summed E-state index contributed by atoms with van der Waals surface area (Å²) in [7, 11) is 0. The van der Waals surface area contributed by atoms with Crippen LogP contribution in [0, 0.1) is 0 Å². The second kappa shape index (κ2) is 4.83. The van der Waals surface area contributed by atoms with Crippen LogP contribution in [0.2, 0.25) is 5.02 Å². The van der Waals surface area contributed by atoms with Gasteiger partial charge in [-0.3, -0.25) is 19.8 Å². The third kappa shape index (κ3) is 2.72. The monoisotopic (exact) mass is 281 g/mol. The number of anilines is 1. The van der Waals surface area contributed by atoms with E-state index in [2.05, 4.69) is 5.32 Å². The summed E-state index contributed by atoms with van der Waals surface area (Å²) in [6, 6.07) is 5.19. The number of halogens is 1. The molecule has 1 aromatic carbocycles. The molecule has 1 aliphatic heterocycles. The summed E-state index contributed by atoms with van der Waals surface area (Å²) in [5, 5.41) is 2.91. The van der Waals surface area contributed by atoms with Crippen LogP contribution in [0.3, 0.4) is 0 Å². The molecule has 5 nitrogen and oxygen atoms in total. The molecule has 102 valence electrons. The number of amides is 2. The maximum absolute atomic E-state index is 11.8. The molecule has 0 spiro atoms. The predicted molar refractivity (Wildman–Crippen MR) is 73.5 cm³/mol. The zero-order valence-corrected chi connectivity index (χ0v) is 11.6. The Hall–Kier alpha value is -1.59. The van der Waals surface area contributed by atoms with Crippen LogP contribution in [-0.4, -0.2) is 28.8 Å². The van der Waals surface area contributed by atoms with Crippen molar-refractivity contribution in [2.24, 2.45) is 0 Å². The van der Waals surface area contributed by atoms with Crippen molar-refractivity contribution in [3.63, 3.8) is 0 Å². The molecule has 1 heterocycles. The van der Waals surface area contributed by atoms with Gasteiger partial charge in [0.15, 0.2) is 0 Å². The first-order valence-electron chi connectivity index (χ1n) is 5.94. The van der Waals surface area contributed by atoms with Crippen LogP contribution in [0.4, 0.5) is 5.69 Å². The highest BCUT2D eigenvalue weighted by Crippen LogP contribution is 2.25. The molecule has 0 unspecified atom stereocenters. The van der Waals surface area contributed by atoms with E-state index in [0.29, 0.717) is 17.3 Å². The number of carbonyl (C=O) groups excluding carboxylic acids is 2. The van der Waals surface area contributed by atoms with Crippen LogP contribution >= 0.6 is 11.6 Å². The predicted octanol–water partition coefficient (Wildman–Crippen LogP) is 1.16. The van der Waals surface area contributed by atoms with E-state index in [0.717, 1.165) is 5.56 Å². The van der Waals surface area contributed by atoms with Crippen LogP contribution < -0.4 is 11.1 Å². The number of piperazine rings is 1. The van der Waals surface area contributed by atoms with Gasteiger partial charge in [-0.25, -0.2) is 0 Å². The first-order valence-corrected chi connectivity index (χ1v) is 6.32. The maximum atomic E-state index is 11.8. The number of rotatable bonds is 2. The highest BCUT2D eigenvalue weighted by Gasteiger charge is 2.40. The molecule has 0 saturated carbocycles. The molecule has 0 bridgehead atoms. The molecule has 1 fully saturated rings. The molecule has 1 aromatic rings. The number of nitrogens with one attached hydrogen (secondary N) is 1. The van der Waals surface area contributed by atoms with Gasteiger partial charge in [-0.2, -0.15) is 0 Å². The Morgan fingerprint density at radius 2 is 2.11 bits per heavy atom. The van der Waals surface area contributed by atoms with Crippen LogP contribution in [0.15, 0.2) is 18.2 Å². The number of nitrogens with two attached hydrogens (primary N) is 1. The van der Waals surface area contributed by atoms with Gasteiger partial charge in [0.25, 0.3) is 0 Å². The van der Waals surface area contributed by atoms with Crippen LogP contribution in [0.25, 0.3) is 0 Å². The molecule has 6 heteroatoms. The van der Waals surface area contributed by atoms with E-state index in [4.69, 9.17) is 17.3 Å². The van der Waals surface area contributed by atoms with Gasteiger partial charge in [0, 0.05) is 17.3 Å². The molecule has 2 amide bonds. The van der Waals surface area contributed by atoms with Gasteiger partial charge in [0.1, 0.15) is 0 Å². The van der Waals surface area contributed by atoms with E-state index in [-0.39, 0.29) is 18.4 Å². The van der Waals surface area contributed by atoms with E-state index < -0.39 is 5.54 Å². The van der Waals surface area contributed by atoms with Gasteiger partial charge in [-0.05, 0) is 37.6 Å². The minimum atomic E-state index is -0.762. The van der Waals surface area contributed by atoms with Crippen LogP contribution in [0.5, 0.6) is 0 Å². The van der Waals surface area contributed by atoms with Crippen molar-refractivity contribution in [1.29, 1.82) is 0 Å². The number of imide groups is 1. The lowest BCUT2D eigenvalue weighted by molar-refractivity contribution is -0.145. The highest BCUT2D eigenvalue weighted by atomic mass is 35.5. The summed E-state index contributed by atoms with van der Waals surface area (Å²) in [6.45, 7) is 4.10. The van der Waals surface area contributed by atoms with Gasteiger partial charge in [-0.15, -0.1) is 0 Å². The lowest BCUT2D eigenvalue weighted by Gasteiger charge is -2.40. The summed E-state index contributed by atoms with van der Waals surface area (Å²) in [5.74, 6) is -0.604. The Morgan fingerprint density at radius 1 is 1.42 bits per heavy atom. The minimum absolute atomic E-state index is 0.157. The number of carbonyl (C=O) groups is 2. The van der Waals surface area contributed by atoms with Crippen molar-refractivity contribution in [1.82, 2.24) is 10.2 Å².